The maximum Gasteiger partial charge on any atom is 0.329 e. The van der Waals surface area contributed by atoms with Crippen molar-refractivity contribution in [2.24, 2.45) is 5.10 Å². The predicted octanol–water partition coefficient (Wildman–Crippen LogP) is 0.00360. The van der Waals surface area contributed by atoms with Gasteiger partial charge in [0.2, 0.25) is 0 Å². The van der Waals surface area contributed by atoms with Gasteiger partial charge in [-0.05, 0) is 30.2 Å². The minimum atomic E-state index is -0.862. The highest BCUT2D eigenvalue weighted by atomic mass is 16.5. The van der Waals surface area contributed by atoms with Crippen LogP contribution in [0.2, 0.25) is 0 Å². The highest BCUT2D eigenvalue weighted by molar-refractivity contribution is 6.35. The van der Waals surface area contributed by atoms with E-state index in [2.05, 4.69) is 15.8 Å². The predicted molar refractivity (Wildman–Crippen MR) is 79.9 cm³/mol. The van der Waals surface area contributed by atoms with Crippen LogP contribution in [-0.2, 0) is 14.3 Å². The first-order valence-corrected chi connectivity index (χ1v) is 6.55. The molecule has 0 aliphatic carbocycles. The van der Waals surface area contributed by atoms with Crippen molar-refractivity contribution in [3.8, 4) is 11.5 Å². The highest BCUT2D eigenvalue weighted by Crippen LogP contribution is 2.25. The van der Waals surface area contributed by atoms with Crippen molar-refractivity contribution in [3.05, 3.63) is 23.8 Å². The topological polar surface area (TPSA) is 109 Å². The molecule has 0 aromatic heterocycles. The Morgan fingerprint density at radius 1 is 1.32 bits per heavy atom. The molecule has 0 saturated heterocycles. The fourth-order valence-corrected chi connectivity index (χ4v) is 1.49. The van der Waals surface area contributed by atoms with Crippen LogP contribution in [0.15, 0.2) is 23.3 Å². The molecule has 3 N–H and O–H groups in total. The van der Waals surface area contributed by atoms with Gasteiger partial charge in [-0.15, -0.1) is 0 Å². The summed E-state index contributed by atoms with van der Waals surface area (Å²) in [4.78, 5) is 22.8. The van der Waals surface area contributed by atoms with Crippen molar-refractivity contribution in [3.63, 3.8) is 0 Å². The number of aromatic hydroxyl groups is 1. The molecule has 0 spiro atoms. The van der Waals surface area contributed by atoms with Gasteiger partial charge in [0.15, 0.2) is 11.5 Å². The molecule has 0 fully saturated rings. The average molecular weight is 309 g/mol. The van der Waals surface area contributed by atoms with E-state index in [4.69, 9.17) is 9.47 Å². The number of phenols is 1. The first-order valence-electron chi connectivity index (χ1n) is 6.55. The quantitative estimate of drug-likeness (QED) is 0.284. The van der Waals surface area contributed by atoms with Crippen LogP contribution in [0, 0.1) is 0 Å². The zero-order valence-electron chi connectivity index (χ0n) is 12.5. The number of benzene rings is 1. The standard InChI is InChI=1S/C14H19N3O5/c1-21-7-3-6-15-13(19)14(20)17-16-9-10-4-5-11(18)12(8-10)22-2/h4-5,8-9,18H,3,6-7H2,1-2H3,(H,15,19)(H,17,20)/b16-9-. The molecular formula is C14H19N3O5. The van der Waals surface area contributed by atoms with E-state index in [1.807, 2.05) is 0 Å². The molecule has 0 atom stereocenters. The Morgan fingerprint density at radius 3 is 2.77 bits per heavy atom. The molecule has 0 saturated carbocycles. The fourth-order valence-electron chi connectivity index (χ4n) is 1.49. The van der Waals surface area contributed by atoms with Gasteiger partial charge in [0, 0.05) is 20.3 Å². The Hall–Kier alpha value is -2.61. The number of rotatable bonds is 7. The summed E-state index contributed by atoms with van der Waals surface area (Å²) in [5, 5.41) is 15.5. The minimum absolute atomic E-state index is 0.000813. The normalized spacial score (nSPS) is 10.5. The van der Waals surface area contributed by atoms with E-state index >= 15 is 0 Å². The number of amides is 2. The first-order chi connectivity index (χ1) is 10.6. The molecular weight excluding hydrogens is 290 g/mol. The molecule has 2 amide bonds. The van der Waals surface area contributed by atoms with Crippen molar-refractivity contribution >= 4 is 18.0 Å². The summed E-state index contributed by atoms with van der Waals surface area (Å²) in [5.74, 6) is -1.35. The number of methoxy groups -OCH3 is 2. The number of ether oxygens (including phenoxy) is 2. The third-order valence-corrected chi connectivity index (χ3v) is 2.60. The lowest BCUT2D eigenvalue weighted by atomic mass is 10.2. The van der Waals surface area contributed by atoms with Crippen LogP contribution in [0.1, 0.15) is 12.0 Å². The Morgan fingerprint density at radius 2 is 2.09 bits per heavy atom. The summed E-state index contributed by atoms with van der Waals surface area (Å²) in [6.07, 6.45) is 1.95. The number of nitrogens with zero attached hydrogens (tertiary/aromatic N) is 1. The van der Waals surface area contributed by atoms with E-state index in [0.29, 0.717) is 25.1 Å². The van der Waals surface area contributed by atoms with Crippen molar-refractivity contribution in [2.75, 3.05) is 27.4 Å². The van der Waals surface area contributed by atoms with E-state index in [9.17, 15) is 14.7 Å². The summed E-state index contributed by atoms with van der Waals surface area (Å²) in [5.41, 5.74) is 2.70. The number of carbonyl (C=O) groups excluding carboxylic acids is 2. The third-order valence-electron chi connectivity index (χ3n) is 2.60. The van der Waals surface area contributed by atoms with E-state index in [-0.39, 0.29) is 11.5 Å². The second kappa shape index (κ2) is 9.35. The first kappa shape index (κ1) is 17.4. The second-order valence-electron chi connectivity index (χ2n) is 4.23. The number of hydrazone groups is 1. The van der Waals surface area contributed by atoms with Gasteiger partial charge in [0.25, 0.3) is 0 Å². The van der Waals surface area contributed by atoms with Crippen molar-refractivity contribution in [1.29, 1.82) is 0 Å². The van der Waals surface area contributed by atoms with Crippen LogP contribution in [0.25, 0.3) is 0 Å². The molecule has 120 valence electrons. The molecule has 8 nitrogen and oxygen atoms in total. The van der Waals surface area contributed by atoms with Gasteiger partial charge in [-0.2, -0.15) is 5.10 Å². The van der Waals surface area contributed by atoms with Crippen molar-refractivity contribution in [2.45, 2.75) is 6.42 Å². The minimum Gasteiger partial charge on any atom is -0.504 e. The molecule has 1 aromatic rings. The van der Waals surface area contributed by atoms with Gasteiger partial charge in [-0.3, -0.25) is 9.59 Å². The molecule has 1 rings (SSSR count). The van der Waals surface area contributed by atoms with Gasteiger partial charge < -0.3 is 19.9 Å². The SMILES string of the molecule is COCCCNC(=O)C(=O)N/N=C\c1ccc(O)c(OC)c1. The summed E-state index contributed by atoms with van der Waals surface area (Å²) >= 11 is 0. The van der Waals surface area contributed by atoms with Gasteiger partial charge in [-0.1, -0.05) is 0 Å². The molecule has 0 heterocycles. The molecule has 8 heteroatoms. The van der Waals surface area contributed by atoms with Crippen molar-refractivity contribution < 1.29 is 24.2 Å². The maximum absolute atomic E-state index is 11.4. The van der Waals surface area contributed by atoms with Crippen LogP contribution >= 0.6 is 0 Å². The molecule has 22 heavy (non-hydrogen) atoms. The Kier molecular flexibility index (Phi) is 7.41. The van der Waals surface area contributed by atoms with E-state index in [1.165, 1.54) is 25.5 Å². The van der Waals surface area contributed by atoms with Gasteiger partial charge in [0.05, 0.1) is 13.3 Å². The van der Waals surface area contributed by atoms with Crippen LogP contribution in [-0.4, -0.2) is 50.5 Å². The molecule has 0 radical (unpaired) electrons. The summed E-state index contributed by atoms with van der Waals surface area (Å²) < 4.78 is 9.76. The zero-order chi connectivity index (χ0) is 16.4. The van der Waals surface area contributed by atoms with Crippen molar-refractivity contribution in [1.82, 2.24) is 10.7 Å². The molecule has 0 unspecified atom stereocenters. The largest absolute Gasteiger partial charge is 0.504 e. The number of hydrogen-bond donors (Lipinski definition) is 3. The molecule has 0 aliphatic heterocycles. The molecule has 1 aromatic carbocycles. The highest BCUT2D eigenvalue weighted by Gasteiger charge is 2.11. The zero-order valence-corrected chi connectivity index (χ0v) is 12.5. The monoisotopic (exact) mass is 309 g/mol. The Balaban J connectivity index is 2.44. The lowest BCUT2D eigenvalue weighted by molar-refractivity contribution is -0.139. The molecule has 0 aliphatic rings. The van der Waals surface area contributed by atoms with E-state index < -0.39 is 11.8 Å². The van der Waals surface area contributed by atoms with E-state index in [0.717, 1.165) is 0 Å². The summed E-state index contributed by atoms with van der Waals surface area (Å²) in [6, 6.07) is 4.55. The van der Waals surface area contributed by atoms with Gasteiger partial charge in [0.1, 0.15) is 0 Å². The van der Waals surface area contributed by atoms with Crippen LogP contribution < -0.4 is 15.5 Å². The summed E-state index contributed by atoms with van der Waals surface area (Å²) in [6.45, 7) is 0.849. The van der Waals surface area contributed by atoms with E-state index in [1.54, 1.807) is 13.2 Å². The maximum atomic E-state index is 11.4. The van der Waals surface area contributed by atoms with Gasteiger partial charge >= 0.3 is 11.8 Å². The number of hydrogen-bond acceptors (Lipinski definition) is 6. The average Bonchev–Trinajstić information content (AvgIpc) is 2.52. The number of nitrogens with one attached hydrogen (secondary N) is 2. The lowest BCUT2D eigenvalue weighted by Gasteiger charge is -2.04. The Bertz CT molecular complexity index is 545. The second-order valence-corrected chi connectivity index (χ2v) is 4.23. The lowest BCUT2D eigenvalue weighted by Crippen LogP contribution is -2.38. The van der Waals surface area contributed by atoms with Crippen LogP contribution in [0.5, 0.6) is 11.5 Å². The molecule has 0 bridgehead atoms. The number of phenolic OH excluding ortho intramolecular Hbond substituents is 1. The van der Waals surface area contributed by atoms with Crippen LogP contribution in [0.3, 0.4) is 0 Å². The summed E-state index contributed by atoms with van der Waals surface area (Å²) in [7, 11) is 2.98. The number of carbonyl (C=O) groups is 2. The van der Waals surface area contributed by atoms with Crippen LogP contribution in [0.4, 0.5) is 0 Å². The van der Waals surface area contributed by atoms with Gasteiger partial charge in [-0.25, -0.2) is 5.43 Å². The third kappa shape index (κ3) is 5.80. The smallest absolute Gasteiger partial charge is 0.329 e. The Labute approximate surface area is 128 Å². The fraction of sp³-hybridized carbons (Fsp3) is 0.357.